The lowest BCUT2D eigenvalue weighted by atomic mass is 10.1. The van der Waals surface area contributed by atoms with Gasteiger partial charge in [-0.25, -0.2) is 8.78 Å². The lowest BCUT2D eigenvalue weighted by Crippen LogP contribution is -2.27. The van der Waals surface area contributed by atoms with E-state index < -0.39 is 5.92 Å². The van der Waals surface area contributed by atoms with Crippen molar-refractivity contribution >= 4 is 11.4 Å². The van der Waals surface area contributed by atoms with Crippen LogP contribution in [0.3, 0.4) is 0 Å². The monoisotopic (exact) mass is 252 g/mol. The minimum atomic E-state index is -2.44. The standard InChI is InChI=1S/C14H18F2N2/c15-14(16)5-3-10(8-14)9-18-6-4-11-1-2-12(17)7-13(11)18/h1-2,7,10H,3-6,8-9,17H2. The topological polar surface area (TPSA) is 29.3 Å². The van der Waals surface area contributed by atoms with Crippen LogP contribution < -0.4 is 10.6 Å². The number of halogens is 2. The third-order valence-corrected chi connectivity index (χ3v) is 4.09. The fourth-order valence-electron chi connectivity index (χ4n) is 3.16. The molecule has 1 aliphatic heterocycles. The first-order valence-corrected chi connectivity index (χ1v) is 6.55. The molecule has 2 aliphatic rings. The van der Waals surface area contributed by atoms with Gasteiger partial charge in [-0.2, -0.15) is 0 Å². The van der Waals surface area contributed by atoms with Gasteiger partial charge in [0.15, 0.2) is 0 Å². The van der Waals surface area contributed by atoms with E-state index in [0.717, 1.165) is 30.9 Å². The zero-order valence-electron chi connectivity index (χ0n) is 10.3. The number of nitrogen functional groups attached to an aromatic ring is 1. The van der Waals surface area contributed by atoms with Crippen molar-refractivity contribution in [1.29, 1.82) is 0 Å². The maximum Gasteiger partial charge on any atom is 0.248 e. The molecule has 2 N–H and O–H groups in total. The van der Waals surface area contributed by atoms with Crippen molar-refractivity contribution in [2.45, 2.75) is 31.6 Å². The summed E-state index contributed by atoms with van der Waals surface area (Å²) >= 11 is 0. The summed E-state index contributed by atoms with van der Waals surface area (Å²) in [7, 11) is 0. The Labute approximate surface area is 106 Å². The van der Waals surface area contributed by atoms with Gasteiger partial charge in [-0.1, -0.05) is 6.07 Å². The molecule has 0 saturated heterocycles. The molecule has 0 spiro atoms. The van der Waals surface area contributed by atoms with Gasteiger partial charge in [0.2, 0.25) is 5.92 Å². The molecular formula is C14H18F2N2. The molecule has 0 radical (unpaired) electrons. The van der Waals surface area contributed by atoms with Gasteiger partial charge < -0.3 is 10.6 Å². The van der Waals surface area contributed by atoms with E-state index in [1.165, 1.54) is 5.56 Å². The SMILES string of the molecule is Nc1ccc2c(c1)N(CC1CCC(F)(F)C1)CC2. The number of hydrogen-bond donors (Lipinski definition) is 1. The van der Waals surface area contributed by atoms with Crippen LogP contribution in [0.2, 0.25) is 0 Å². The average Bonchev–Trinajstić information content (AvgIpc) is 2.84. The van der Waals surface area contributed by atoms with Crippen LogP contribution in [0.4, 0.5) is 20.2 Å². The molecule has 1 aromatic carbocycles. The number of benzene rings is 1. The molecule has 1 saturated carbocycles. The number of anilines is 2. The Morgan fingerprint density at radius 3 is 2.94 bits per heavy atom. The van der Waals surface area contributed by atoms with Crippen molar-refractivity contribution in [3.05, 3.63) is 23.8 Å². The van der Waals surface area contributed by atoms with Crippen molar-refractivity contribution in [2.75, 3.05) is 23.7 Å². The van der Waals surface area contributed by atoms with E-state index in [2.05, 4.69) is 4.90 Å². The molecule has 1 aromatic rings. The number of rotatable bonds is 2. The van der Waals surface area contributed by atoms with E-state index in [0.29, 0.717) is 6.42 Å². The van der Waals surface area contributed by atoms with Gasteiger partial charge in [0.05, 0.1) is 0 Å². The Balaban J connectivity index is 1.71. The van der Waals surface area contributed by atoms with Crippen LogP contribution in [0.5, 0.6) is 0 Å². The van der Waals surface area contributed by atoms with Crippen LogP contribution in [0.1, 0.15) is 24.8 Å². The van der Waals surface area contributed by atoms with Gasteiger partial charge in [0, 0.05) is 37.3 Å². The highest BCUT2D eigenvalue weighted by Gasteiger charge is 2.40. The van der Waals surface area contributed by atoms with Crippen LogP contribution in [0, 0.1) is 5.92 Å². The second kappa shape index (κ2) is 4.11. The first kappa shape index (κ1) is 11.8. The van der Waals surface area contributed by atoms with Crippen molar-refractivity contribution in [3.8, 4) is 0 Å². The summed E-state index contributed by atoms with van der Waals surface area (Å²) in [4.78, 5) is 2.22. The largest absolute Gasteiger partial charge is 0.399 e. The maximum absolute atomic E-state index is 13.2. The highest BCUT2D eigenvalue weighted by molar-refractivity contribution is 5.64. The highest BCUT2D eigenvalue weighted by atomic mass is 19.3. The molecule has 3 rings (SSSR count). The minimum Gasteiger partial charge on any atom is -0.399 e. The summed E-state index contributed by atoms with van der Waals surface area (Å²) < 4.78 is 26.4. The second-order valence-electron chi connectivity index (χ2n) is 5.55. The summed E-state index contributed by atoms with van der Waals surface area (Å²) in [5.41, 5.74) is 8.98. The summed E-state index contributed by atoms with van der Waals surface area (Å²) in [6, 6.07) is 5.93. The summed E-state index contributed by atoms with van der Waals surface area (Å²) in [5.74, 6) is -2.32. The quantitative estimate of drug-likeness (QED) is 0.820. The predicted octanol–water partition coefficient (Wildman–Crippen LogP) is 3.07. The average molecular weight is 252 g/mol. The molecule has 1 heterocycles. The lowest BCUT2D eigenvalue weighted by Gasteiger charge is -2.23. The smallest absolute Gasteiger partial charge is 0.248 e. The minimum absolute atomic E-state index is 0.0428. The fraction of sp³-hybridized carbons (Fsp3) is 0.571. The Morgan fingerprint density at radius 1 is 1.39 bits per heavy atom. The van der Waals surface area contributed by atoms with E-state index in [-0.39, 0.29) is 18.8 Å². The first-order valence-electron chi connectivity index (χ1n) is 6.55. The van der Waals surface area contributed by atoms with Crippen molar-refractivity contribution in [2.24, 2.45) is 5.92 Å². The number of nitrogens with two attached hydrogens (primary N) is 1. The predicted molar refractivity (Wildman–Crippen MR) is 69.1 cm³/mol. The number of nitrogens with zero attached hydrogens (tertiary/aromatic N) is 1. The summed E-state index contributed by atoms with van der Waals surface area (Å²) in [6.45, 7) is 1.67. The number of alkyl halides is 2. The Kier molecular flexibility index (Phi) is 2.68. The second-order valence-corrected chi connectivity index (χ2v) is 5.55. The zero-order chi connectivity index (χ0) is 12.8. The normalized spacial score (nSPS) is 25.4. The Bertz CT molecular complexity index is 459. The molecule has 0 amide bonds. The molecule has 4 heteroatoms. The zero-order valence-corrected chi connectivity index (χ0v) is 10.3. The summed E-state index contributed by atoms with van der Waals surface area (Å²) in [6.07, 6.45) is 1.73. The maximum atomic E-state index is 13.2. The molecule has 0 bridgehead atoms. The van der Waals surface area contributed by atoms with E-state index in [4.69, 9.17) is 5.73 Å². The summed E-state index contributed by atoms with van der Waals surface area (Å²) in [5, 5.41) is 0. The van der Waals surface area contributed by atoms with Crippen molar-refractivity contribution in [3.63, 3.8) is 0 Å². The molecule has 2 nitrogen and oxygen atoms in total. The lowest BCUT2D eigenvalue weighted by molar-refractivity contribution is 0.00536. The molecule has 1 unspecified atom stereocenters. The molecule has 1 fully saturated rings. The molecule has 1 atom stereocenters. The Hall–Kier alpha value is -1.32. The number of fused-ring (bicyclic) bond motifs is 1. The van der Waals surface area contributed by atoms with Crippen molar-refractivity contribution in [1.82, 2.24) is 0 Å². The molecule has 18 heavy (non-hydrogen) atoms. The van der Waals surface area contributed by atoms with Gasteiger partial charge in [0.25, 0.3) is 0 Å². The highest BCUT2D eigenvalue weighted by Crippen LogP contribution is 2.40. The molecule has 1 aliphatic carbocycles. The van der Waals surface area contributed by atoms with Crippen molar-refractivity contribution < 1.29 is 8.78 Å². The number of hydrogen-bond acceptors (Lipinski definition) is 2. The van der Waals surface area contributed by atoms with Gasteiger partial charge in [-0.3, -0.25) is 0 Å². The van der Waals surface area contributed by atoms with Gasteiger partial charge in [-0.15, -0.1) is 0 Å². The first-order chi connectivity index (χ1) is 8.53. The molecular weight excluding hydrogens is 234 g/mol. The van der Waals surface area contributed by atoms with Gasteiger partial charge in [-0.05, 0) is 36.5 Å². The van der Waals surface area contributed by atoms with Crippen LogP contribution in [-0.4, -0.2) is 19.0 Å². The third kappa shape index (κ3) is 2.16. The van der Waals surface area contributed by atoms with Gasteiger partial charge in [0.1, 0.15) is 0 Å². The van der Waals surface area contributed by atoms with Crippen LogP contribution >= 0.6 is 0 Å². The molecule has 0 aromatic heterocycles. The third-order valence-electron chi connectivity index (χ3n) is 4.09. The van der Waals surface area contributed by atoms with Gasteiger partial charge >= 0.3 is 0 Å². The van der Waals surface area contributed by atoms with Crippen LogP contribution in [0.15, 0.2) is 18.2 Å². The van der Waals surface area contributed by atoms with Crippen LogP contribution in [0.25, 0.3) is 0 Å². The van der Waals surface area contributed by atoms with Crippen LogP contribution in [-0.2, 0) is 6.42 Å². The Morgan fingerprint density at radius 2 is 2.22 bits per heavy atom. The fourth-order valence-corrected chi connectivity index (χ4v) is 3.16. The van der Waals surface area contributed by atoms with E-state index in [1.807, 2.05) is 18.2 Å². The van der Waals surface area contributed by atoms with E-state index in [9.17, 15) is 8.78 Å². The van der Waals surface area contributed by atoms with E-state index >= 15 is 0 Å². The van der Waals surface area contributed by atoms with E-state index in [1.54, 1.807) is 0 Å². The molecule has 98 valence electrons.